The highest BCUT2D eigenvalue weighted by molar-refractivity contribution is 7.20. The van der Waals surface area contributed by atoms with Crippen LogP contribution in [0, 0.1) is 0 Å². The third-order valence-electron chi connectivity index (χ3n) is 5.15. The lowest BCUT2D eigenvalue weighted by Gasteiger charge is -2.22. The van der Waals surface area contributed by atoms with Crippen molar-refractivity contribution in [2.45, 2.75) is 57.2 Å². The first-order valence-electron chi connectivity index (χ1n) is 10.4. The highest BCUT2D eigenvalue weighted by Gasteiger charge is 2.38. The maximum Gasteiger partial charge on any atom is 0.509 e. The number of halogens is 3. The number of aromatic nitrogens is 2. The standard InChI is InChI=1S/C22H24F3N3O4S/c1-21(2,3)32-20(30)31-15-9-26-14(18(15)29)8-12-4-6-13(7-5-12)16-10-28-11-17(22(23,24)25)27-19(28)33-16/h4-7,10-11,14-15,18,26,29H,8-9H2,1-3H3/t14-,15+,18+/m1/s1. The van der Waals surface area contributed by atoms with Gasteiger partial charge in [-0.25, -0.2) is 9.78 Å². The third kappa shape index (κ3) is 5.48. The van der Waals surface area contributed by atoms with Crippen LogP contribution in [0.25, 0.3) is 15.4 Å². The maximum absolute atomic E-state index is 12.8. The van der Waals surface area contributed by atoms with E-state index in [4.69, 9.17) is 9.47 Å². The van der Waals surface area contributed by atoms with E-state index in [1.165, 1.54) is 15.7 Å². The summed E-state index contributed by atoms with van der Waals surface area (Å²) in [6.45, 7) is 5.52. The Balaban J connectivity index is 1.37. The predicted octanol–water partition coefficient (Wildman–Crippen LogP) is 4.28. The van der Waals surface area contributed by atoms with Crippen LogP contribution in [-0.2, 0) is 22.1 Å². The number of carbonyl (C=O) groups excluding carboxylic acids is 1. The summed E-state index contributed by atoms with van der Waals surface area (Å²) in [6, 6.07) is 7.25. The van der Waals surface area contributed by atoms with Crippen molar-refractivity contribution in [2.24, 2.45) is 0 Å². The van der Waals surface area contributed by atoms with Gasteiger partial charge in [-0.1, -0.05) is 35.6 Å². The molecule has 0 amide bonds. The van der Waals surface area contributed by atoms with E-state index in [9.17, 15) is 23.1 Å². The van der Waals surface area contributed by atoms with Crippen molar-refractivity contribution in [2.75, 3.05) is 6.54 Å². The van der Waals surface area contributed by atoms with E-state index < -0.39 is 35.8 Å². The summed E-state index contributed by atoms with van der Waals surface area (Å²) in [4.78, 5) is 16.6. The molecule has 3 atom stereocenters. The van der Waals surface area contributed by atoms with Gasteiger partial charge in [0.1, 0.15) is 17.8 Å². The minimum atomic E-state index is -4.47. The Morgan fingerprint density at radius 2 is 1.94 bits per heavy atom. The number of ether oxygens (including phenoxy) is 2. The Kier molecular flexibility index (Phi) is 6.14. The molecule has 3 aromatic rings. The van der Waals surface area contributed by atoms with Crippen LogP contribution < -0.4 is 5.32 Å². The van der Waals surface area contributed by atoms with Gasteiger partial charge >= 0.3 is 12.3 Å². The molecule has 0 radical (unpaired) electrons. The zero-order valence-electron chi connectivity index (χ0n) is 18.2. The number of aliphatic hydroxyl groups excluding tert-OH is 1. The molecule has 2 N–H and O–H groups in total. The molecule has 11 heteroatoms. The molecule has 7 nitrogen and oxygen atoms in total. The molecule has 1 aromatic carbocycles. The van der Waals surface area contributed by atoms with Gasteiger partial charge in [0.15, 0.2) is 10.7 Å². The van der Waals surface area contributed by atoms with Crippen LogP contribution in [-0.4, -0.2) is 51.0 Å². The molecule has 33 heavy (non-hydrogen) atoms. The summed E-state index contributed by atoms with van der Waals surface area (Å²) >= 11 is 1.18. The average molecular weight is 484 g/mol. The van der Waals surface area contributed by atoms with Gasteiger partial charge in [-0.2, -0.15) is 13.2 Å². The number of nitrogens with one attached hydrogen (secondary N) is 1. The van der Waals surface area contributed by atoms with E-state index in [0.717, 1.165) is 22.2 Å². The lowest BCUT2D eigenvalue weighted by Crippen LogP contribution is -2.37. The molecule has 1 aliphatic heterocycles. The normalized spacial score (nSPS) is 21.5. The molecule has 178 valence electrons. The van der Waals surface area contributed by atoms with Gasteiger partial charge in [0.05, 0.1) is 4.88 Å². The molecular weight excluding hydrogens is 459 g/mol. The van der Waals surface area contributed by atoms with Crippen molar-refractivity contribution in [1.29, 1.82) is 0 Å². The molecule has 0 spiro atoms. The van der Waals surface area contributed by atoms with Crippen molar-refractivity contribution in [3.8, 4) is 10.4 Å². The third-order valence-corrected chi connectivity index (χ3v) is 6.20. The van der Waals surface area contributed by atoms with Crippen molar-refractivity contribution in [3.05, 3.63) is 47.9 Å². The number of carbonyl (C=O) groups is 1. The van der Waals surface area contributed by atoms with E-state index in [1.54, 1.807) is 27.0 Å². The second-order valence-electron chi connectivity index (χ2n) is 8.94. The predicted molar refractivity (Wildman–Crippen MR) is 116 cm³/mol. The van der Waals surface area contributed by atoms with Gasteiger partial charge in [0.2, 0.25) is 0 Å². The summed E-state index contributed by atoms with van der Waals surface area (Å²) in [5.74, 6) is 0. The molecular formula is C22H24F3N3O4S. The van der Waals surface area contributed by atoms with E-state index in [2.05, 4.69) is 10.3 Å². The number of nitrogens with zero attached hydrogens (tertiary/aromatic N) is 2. The largest absolute Gasteiger partial charge is 0.509 e. The van der Waals surface area contributed by atoms with Gasteiger partial charge < -0.3 is 19.9 Å². The molecule has 1 aliphatic rings. The molecule has 4 rings (SSSR count). The van der Waals surface area contributed by atoms with Crippen molar-refractivity contribution < 1.29 is 32.5 Å². The zero-order chi connectivity index (χ0) is 24.0. The first-order chi connectivity index (χ1) is 15.4. The quantitative estimate of drug-likeness (QED) is 0.539. The van der Waals surface area contributed by atoms with E-state index >= 15 is 0 Å². The van der Waals surface area contributed by atoms with Crippen LogP contribution in [0.1, 0.15) is 32.0 Å². The van der Waals surface area contributed by atoms with Crippen LogP contribution in [0.3, 0.4) is 0 Å². The second-order valence-corrected chi connectivity index (χ2v) is 9.95. The number of rotatable bonds is 4. The molecule has 2 aromatic heterocycles. The molecule has 0 aliphatic carbocycles. The smallest absolute Gasteiger partial charge is 0.429 e. The molecule has 0 bridgehead atoms. The molecule has 1 fully saturated rings. The Labute approximate surface area is 192 Å². The van der Waals surface area contributed by atoms with Gasteiger partial charge in [0.25, 0.3) is 0 Å². The molecule has 3 heterocycles. The minimum absolute atomic E-state index is 0.274. The number of alkyl halides is 3. The van der Waals surface area contributed by atoms with E-state index in [0.29, 0.717) is 13.0 Å². The van der Waals surface area contributed by atoms with Crippen LogP contribution in [0.5, 0.6) is 0 Å². The number of benzene rings is 1. The van der Waals surface area contributed by atoms with Crippen LogP contribution >= 0.6 is 11.3 Å². The molecule has 1 saturated heterocycles. The van der Waals surface area contributed by atoms with Gasteiger partial charge in [-0.3, -0.25) is 4.40 Å². The van der Waals surface area contributed by atoms with Gasteiger partial charge in [0, 0.05) is 25.0 Å². The number of thiazole rings is 1. The summed E-state index contributed by atoms with van der Waals surface area (Å²) in [6.07, 6.45) is -3.76. The van der Waals surface area contributed by atoms with Crippen LogP contribution in [0.15, 0.2) is 36.7 Å². The second kappa shape index (κ2) is 8.62. The van der Waals surface area contributed by atoms with E-state index in [1.807, 2.05) is 24.3 Å². The monoisotopic (exact) mass is 483 g/mol. The Bertz CT molecular complexity index is 1100. The summed E-state index contributed by atoms with van der Waals surface area (Å²) < 4.78 is 50.1. The Morgan fingerprint density at radius 3 is 2.55 bits per heavy atom. The van der Waals surface area contributed by atoms with Crippen molar-refractivity contribution in [3.63, 3.8) is 0 Å². The molecule has 0 saturated carbocycles. The summed E-state index contributed by atoms with van der Waals surface area (Å²) in [7, 11) is 0. The number of hydrogen-bond acceptors (Lipinski definition) is 7. The fourth-order valence-corrected chi connectivity index (χ4v) is 4.57. The SMILES string of the molecule is CC(C)(C)OC(=O)O[C@H]1CN[C@H](Cc2ccc(-c3cn4cc(C(F)(F)F)nc4s3)cc2)[C@@H]1O. The Morgan fingerprint density at radius 1 is 1.24 bits per heavy atom. The summed E-state index contributed by atoms with van der Waals surface area (Å²) in [5.41, 5.74) is 0.219. The van der Waals surface area contributed by atoms with E-state index in [-0.39, 0.29) is 11.0 Å². The number of aliphatic hydroxyl groups is 1. The van der Waals surface area contributed by atoms with Crippen LogP contribution in [0.2, 0.25) is 0 Å². The van der Waals surface area contributed by atoms with Crippen molar-refractivity contribution >= 4 is 22.5 Å². The fourth-order valence-electron chi connectivity index (χ4n) is 3.59. The van der Waals surface area contributed by atoms with Gasteiger partial charge in [-0.15, -0.1) is 0 Å². The highest BCUT2D eigenvalue weighted by atomic mass is 32.1. The minimum Gasteiger partial charge on any atom is -0.429 e. The summed E-state index contributed by atoms with van der Waals surface area (Å²) in [5, 5.41) is 13.7. The first-order valence-corrected chi connectivity index (χ1v) is 11.2. The lowest BCUT2D eigenvalue weighted by molar-refractivity contribution is -0.140. The number of fused-ring (bicyclic) bond motifs is 1. The zero-order valence-corrected chi connectivity index (χ0v) is 19.0. The number of hydrogen-bond donors (Lipinski definition) is 2. The van der Waals surface area contributed by atoms with Gasteiger partial charge in [-0.05, 0) is 38.3 Å². The fraction of sp³-hybridized carbons (Fsp3) is 0.455. The highest BCUT2D eigenvalue weighted by Crippen LogP contribution is 2.33. The van der Waals surface area contributed by atoms with Crippen molar-refractivity contribution in [1.82, 2.24) is 14.7 Å². The first kappa shape index (κ1) is 23.5. The maximum atomic E-state index is 12.8. The lowest BCUT2D eigenvalue weighted by atomic mass is 10.0. The average Bonchev–Trinajstić information content (AvgIpc) is 3.36. The topological polar surface area (TPSA) is 85.1 Å². The Hall–Kier alpha value is -2.63. The van der Waals surface area contributed by atoms with Crippen LogP contribution in [0.4, 0.5) is 18.0 Å². The number of imidazole rings is 1. The molecule has 0 unspecified atom stereocenters.